The molecule has 0 spiro atoms. The molecule has 0 aliphatic carbocycles. The fraction of sp³-hybridized carbons (Fsp3) is 0.263. The Labute approximate surface area is 160 Å². The monoisotopic (exact) mass is 384 g/mol. The molecule has 1 fully saturated rings. The van der Waals surface area contributed by atoms with E-state index in [4.69, 9.17) is 20.9 Å². The first-order chi connectivity index (χ1) is 13.2. The smallest absolute Gasteiger partial charge is 0.276 e. The highest BCUT2D eigenvalue weighted by atomic mass is 35.5. The van der Waals surface area contributed by atoms with E-state index in [9.17, 15) is 4.79 Å². The van der Waals surface area contributed by atoms with E-state index in [1.54, 1.807) is 29.4 Å². The molecule has 4 heterocycles. The van der Waals surface area contributed by atoms with Gasteiger partial charge in [-0.25, -0.2) is 0 Å². The fourth-order valence-electron chi connectivity index (χ4n) is 3.15. The van der Waals surface area contributed by atoms with Gasteiger partial charge in [-0.1, -0.05) is 22.8 Å². The van der Waals surface area contributed by atoms with Gasteiger partial charge in [0.05, 0.1) is 23.0 Å². The predicted molar refractivity (Wildman–Crippen MR) is 97.3 cm³/mol. The molecule has 3 aromatic heterocycles. The first-order valence-electron chi connectivity index (χ1n) is 8.61. The van der Waals surface area contributed by atoms with Gasteiger partial charge in [-0.05, 0) is 25.0 Å². The minimum absolute atomic E-state index is 0.0346. The first kappa shape index (κ1) is 17.5. The Hall–Kier alpha value is -2.93. The van der Waals surface area contributed by atoms with Crippen molar-refractivity contribution in [2.45, 2.75) is 25.5 Å². The Bertz CT molecular complexity index is 931. The summed E-state index contributed by atoms with van der Waals surface area (Å²) < 4.78 is 10.8. The molecule has 138 valence electrons. The van der Waals surface area contributed by atoms with E-state index in [1.165, 1.54) is 6.20 Å². The fourth-order valence-corrected chi connectivity index (χ4v) is 3.31. The van der Waals surface area contributed by atoms with Gasteiger partial charge in [-0.3, -0.25) is 14.8 Å². The quantitative estimate of drug-likeness (QED) is 0.667. The first-order valence-corrected chi connectivity index (χ1v) is 8.99. The number of carbonyl (C=O) groups excluding carboxylic acids is 1. The van der Waals surface area contributed by atoms with Crippen molar-refractivity contribution >= 4 is 17.5 Å². The molecule has 1 atom stereocenters. The molecular formula is C19H17ClN4O3. The van der Waals surface area contributed by atoms with E-state index < -0.39 is 0 Å². The average molecular weight is 385 g/mol. The van der Waals surface area contributed by atoms with Gasteiger partial charge in [0.1, 0.15) is 12.4 Å². The molecule has 3 aromatic rings. The van der Waals surface area contributed by atoms with E-state index >= 15 is 0 Å². The largest absolute Gasteiger partial charge is 0.484 e. The summed E-state index contributed by atoms with van der Waals surface area (Å²) in [5.74, 6) is 0.802. The van der Waals surface area contributed by atoms with Crippen molar-refractivity contribution in [3.63, 3.8) is 0 Å². The van der Waals surface area contributed by atoms with Crippen molar-refractivity contribution in [2.24, 2.45) is 0 Å². The minimum atomic E-state index is -0.164. The van der Waals surface area contributed by atoms with Crippen LogP contribution in [0.4, 0.5) is 0 Å². The number of likely N-dealkylation sites (tertiary alicyclic amines) is 1. The van der Waals surface area contributed by atoms with Gasteiger partial charge >= 0.3 is 0 Å². The molecule has 1 aliphatic heterocycles. The summed E-state index contributed by atoms with van der Waals surface area (Å²) in [6.45, 7) is 0.804. The number of hydrogen-bond donors (Lipinski definition) is 0. The second-order valence-electron chi connectivity index (χ2n) is 6.22. The molecule has 1 unspecified atom stereocenters. The maximum absolute atomic E-state index is 12.9. The summed E-state index contributed by atoms with van der Waals surface area (Å²) in [5.41, 5.74) is 1.16. The highest BCUT2D eigenvalue weighted by Crippen LogP contribution is 2.31. The van der Waals surface area contributed by atoms with Crippen molar-refractivity contribution in [3.8, 4) is 5.75 Å². The summed E-state index contributed by atoms with van der Waals surface area (Å²) in [6, 6.07) is 8.96. The van der Waals surface area contributed by atoms with Crippen molar-refractivity contribution < 1.29 is 14.1 Å². The maximum atomic E-state index is 12.9. The third-order valence-electron chi connectivity index (χ3n) is 4.38. The Balaban J connectivity index is 1.44. The molecule has 1 aliphatic rings. The van der Waals surface area contributed by atoms with Crippen LogP contribution in [0, 0.1) is 0 Å². The van der Waals surface area contributed by atoms with Crippen molar-refractivity contribution in [1.29, 1.82) is 0 Å². The third-order valence-corrected chi connectivity index (χ3v) is 4.59. The van der Waals surface area contributed by atoms with Gasteiger partial charge < -0.3 is 14.2 Å². The summed E-state index contributed by atoms with van der Waals surface area (Å²) >= 11 is 5.88. The van der Waals surface area contributed by atoms with Gasteiger partial charge in [0.15, 0.2) is 11.5 Å². The third kappa shape index (κ3) is 3.93. The number of ether oxygens (including phenoxy) is 1. The van der Waals surface area contributed by atoms with Crippen LogP contribution in [0.5, 0.6) is 5.75 Å². The minimum Gasteiger partial charge on any atom is -0.484 e. The highest BCUT2D eigenvalue weighted by Gasteiger charge is 2.32. The second kappa shape index (κ2) is 7.75. The number of hydrogen-bond acceptors (Lipinski definition) is 6. The van der Waals surface area contributed by atoms with Crippen LogP contribution in [0.2, 0.25) is 5.02 Å². The Morgan fingerprint density at radius 3 is 3.07 bits per heavy atom. The molecule has 1 saturated heterocycles. The summed E-state index contributed by atoms with van der Waals surface area (Å²) in [4.78, 5) is 23.0. The number of nitrogens with zero attached hydrogens (tertiary/aromatic N) is 4. The van der Waals surface area contributed by atoms with Crippen LogP contribution in [0.3, 0.4) is 0 Å². The van der Waals surface area contributed by atoms with Crippen molar-refractivity contribution in [2.75, 3.05) is 6.54 Å². The topological polar surface area (TPSA) is 81.3 Å². The lowest BCUT2D eigenvalue weighted by molar-refractivity contribution is 0.0722. The summed E-state index contributed by atoms with van der Waals surface area (Å²) in [6.07, 6.45) is 6.64. The molecule has 27 heavy (non-hydrogen) atoms. The maximum Gasteiger partial charge on any atom is 0.276 e. The SMILES string of the molecule is O=C(c1cc(COc2cncc(Cl)c2)on1)N1CCCC1c1ccccn1. The number of pyridine rings is 2. The van der Waals surface area contributed by atoms with E-state index in [2.05, 4.69) is 15.1 Å². The van der Waals surface area contributed by atoms with Crippen LogP contribution in [0.1, 0.15) is 40.8 Å². The summed E-state index contributed by atoms with van der Waals surface area (Å²) in [7, 11) is 0. The van der Waals surface area contributed by atoms with E-state index in [-0.39, 0.29) is 24.2 Å². The number of amides is 1. The van der Waals surface area contributed by atoms with E-state index in [0.29, 0.717) is 23.1 Å². The molecule has 0 radical (unpaired) electrons. The van der Waals surface area contributed by atoms with Gasteiger partial charge in [0.25, 0.3) is 5.91 Å². The van der Waals surface area contributed by atoms with E-state index in [0.717, 1.165) is 18.5 Å². The zero-order valence-electron chi connectivity index (χ0n) is 14.4. The lowest BCUT2D eigenvalue weighted by Crippen LogP contribution is -2.31. The molecule has 8 heteroatoms. The van der Waals surface area contributed by atoms with Crippen LogP contribution in [0.25, 0.3) is 0 Å². The van der Waals surface area contributed by atoms with Crippen LogP contribution < -0.4 is 4.74 Å². The van der Waals surface area contributed by atoms with Crippen molar-refractivity contribution in [3.05, 3.63) is 71.1 Å². The molecule has 7 nitrogen and oxygen atoms in total. The molecule has 0 N–H and O–H groups in total. The van der Waals surface area contributed by atoms with Crippen LogP contribution >= 0.6 is 11.6 Å². The Morgan fingerprint density at radius 2 is 2.26 bits per heavy atom. The lowest BCUT2D eigenvalue weighted by atomic mass is 10.1. The van der Waals surface area contributed by atoms with Gasteiger partial charge in [0, 0.05) is 31.1 Å². The molecule has 0 bridgehead atoms. The summed E-state index contributed by atoms with van der Waals surface area (Å²) in [5, 5.41) is 4.39. The Kier molecular flexibility index (Phi) is 5.02. The molecule has 0 aromatic carbocycles. The lowest BCUT2D eigenvalue weighted by Gasteiger charge is -2.23. The number of rotatable bonds is 5. The number of aromatic nitrogens is 3. The molecule has 4 rings (SSSR count). The van der Waals surface area contributed by atoms with Crippen LogP contribution in [0.15, 0.2) is 53.4 Å². The van der Waals surface area contributed by atoms with Crippen molar-refractivity contribution in [1.82, 2.24) is 20.0 Å². The normalized spacial score (nSPS) is 16.5. The van der Waals surface area contributed by atoms with Crippen LogP contribution in [-0.2, 0) is 6.61 Å². The van der Waals surface area contributed by atoms with E-state index in [1.807, 2.05) is 18.2 Å². The van der Waals surface area contributed by atoms with Gasteiger partial charge in [0.2, 0.25) is 0 Å². The molecular weight excluding hydrogens is 368 g/mol. The second-order valence-corrected chi connectivity index (χ2v) is 6.65. The number of carbonyl (C=O) groups is 1. The Morgan fingerprint density at radius 1 is 1.33 bits per heavy atom. The highest BCUT2D eigenvalue weighted by molar-refractivity contribution is 6.30. The zero-order valence-corrected chi connectivity index (χ0v) is 15.2. The zero-order chi connectivity index (χ0) is 18.6. The molecule has 1 amide bonds. The molecule has 0 saturated carbocycles. The predicted octanol–water partition coefficient (Wildman–Crippen LogP) is 3.67. The number of halogens is 1. The van der Waals surface area contributed by atoms with Gasteiger partial charge in [-0.2, -0.15) is 0 Å². The van der Waals surface area contributed by atoms with Crippen LogP contribution in [-0.4, -0.2) is 32.5 Å². The standard InChI is InChI=1S/C19H17ClN4O3/c20-13-8-14(11-21-10-13)26-12-15-9-17(23-27-15)19(25)24-7-3-5-18(24)16-4-1-2-6-22-16/h1-2,4,6,8-11,18H,3,5,7,12H2. The average Bonchev–Trinajstić information content (AvgIpc) is 3.36. The van der Waals surface area contributed by atoms with Gasteiger partial charge in [-0.15, -0.1) is 0 Å².